The van der Waals surface area contributed by atoms with Crippen molar-refractivity contribution in [2.24, 2.45) is 0 Å². The second-order valence-electron chi connectivity index (χ2n) is 6.99. The number of benzene rings is 1. The molecule has 0 unspecified atom stereocenters. The number of hydrogen-bond donors (Lipinski definition) is 1. The molecule has 3 aromatic rings. The molecule has 0 saturated carbocycles. The first-order valence-electron chi connectivity index (χ1n) is 8.50. The van der Waals surface area contributed by atoms with Gasteiger partial charge in [0.15, 0.2) is 0 Å². The van der Waals surface area contributed by atoms with Crippen molar-refractivity contribution in [1.82, 2.24) is 9.61 Å². The number of amides is 1. The minimum atomic E-state index is -0.600. The average Bonchev–Trinajstić information content (AvgIpc) is 3.02. The molecule has 0 spiro atoms. The number of nitrogens with one attached hydrogen (secondary N) is 1. The average molecular weight is 367 g/mol. The molecule has 0 aliphatic carbocycles. The van der Waals surface area contributed by atoms with Gasteiger partial charge in [-0.25, -0.2) is 14.1 Å². The molecule has 0 aliphatic rings. The minimum Gasteiger partial charge on any atom is -0.457 e. The van der Waals surface area contributed by atoms with Crippen LogP contribution in [0.4, 0.5) is 10.5 Å². The zero-order chi connectivity index (χ0) is 19.4. The Morgan fingerprint density at radius 3 is 2.59 bits per heavy atom. The van der Waals surface area contributed by atoms with Crippen LogP contribution in [0.3, 0.4) is 0 Å². The molecule has 27 heavy (non-hydrogen) atoms. The van der Waals surface area contributed by atoms with E-state index in [1.165, 1.54) is 6.20 Å². The van der Waals surface area contributed by atoms with Crippen molar-refractivity contribution < 1.29 is 19.1 Å². The van der Waals surface area contributed by atoms with E-state index in [1.54, 1.807) is 43.6 Å². The van der Waals surface area contributed by atoms with Crippen LogP contribution in [0.5, 0.6) is 0 Å². The van der Waals surface area contributed by atoms with E-state index >= 15 is 0 Å². The van der Waals surface area contributed by atoms with Crippen LogP contribution >= 0.6 is 0 Å². The van der Waals surface area contributed by atoms with Crippen LogP contribution in [-0.2, 0) is 16.1 Å². The molecule has 0 fully saturated rings. The van der Waals surface area contributed by atoms with Crippen LogP contribution in [0.1, 0.15) is 36.7 Å². The van der Waals surface area contributed by atoms with Crippen LogP contribution in [0.15, 0.2) is 54.9 Å². The van der Waals surface area contributed by atoms with Crippen LogP contribution in [0, 0.1) is 0 Å². The van der Waals surface area contributed by atoms with Crippen molar-refractivity contribution in [3.05, 3.63) is 66.0 Å². The quantitative estimate of drug-likeness (QED) is 0.704. The topological polar surface area (TPSA) is 81.9 Å². The van der Waals surface area contributed by atoms with Gasteiger partial charge in [-0.1, -0.05) is 30.3 Å². The second kappa shape index (κ2) is 7.49. The standard InChI is InChI=1S/C20H21N3O4/c1-20(2,3)27-19(25)22-15-9-10-23-17(11-15)16(12-21-23)18(24)26-13-14-7-5-4-6-8-14/h4-12H,13H2,1-3H3,(H,22,25). The summed E-state index contributed by atoms with van der Waals surface area (Å²) in [6, 6.07) is 12.7. The third kappa shape index (κ3) is 4.84. The van der Waals surface area contributed by atoms with Gasteiger partial charge in [0.1, 0.15) is 17.8 Å². The lowest BCUT2D eigenvalue weighted by molar-refractivity contribution is 0.0474. The lowest BCUT2D eigenvalue weighted by atomic mass is 10.2. The van der Waals surface area contributed by atoms with Crippen molar-refractivity contribution in [2.45, 2.75) is 33.0 Å². The van der Waals surface area contributed by atoms with Gasteiger partial charge in [-0.15, -0.1) is 0 Å². The van der Waals surface area contributed by atoms with Crippen molar-refractivity contribution in [3.8, 4) is 0 Å². The molecule has 0 bridgehead atoms. The maximum Gasteiger partial charge on any atom is 0.412 e. The minimum absolute atomic E-state index is 0.173. The van der Waals surface area contributed by atoms with E-state index in [0.717, 1.165) is 5.56 Å². The van der Waals surface area contributed by atoms with Crippen molar-refractivity contribution in [3.63, 3.8) is 0 Å². The van der Waals surface area contributed by atoms with E-state index in [4.69, 9.17) is 9.47 Å². The van der Waals surface area contributed by atoms with Gasteiger partial charge in [0, 0.05) is 11.9 Å². The van der Waals surface area contributed by atoms with E-state index in [-0.39, 0.29) is 6.61 Å². The normalized spacial score (nSPS) is 11.2. The summed E-state index contributed by atoms with van der Waals surface area (Å²) in [5, 5.41) is 6.80. The molecule has 2 heterocycles. The highest BCUT2D eigenvalue weighted by atomic mass is 16.6. The molecule has 0 saturated heterocycles. The Labute approximate surface area is 156 Å². The van der Waals surface area contributed by atoms with Gasteiger partial charge in [-0.2, -0.15) is 5.10 Å². The number of anilines is 1. The number of hydrogen-bond acceptors (Lipinski definition) is 5. The number of aromatic nitrogens is 2. The molecule has 7 nitrogen and oxygen atoms in total. The highest BCUT2D eigenvalue weighted by Gasteiger charge is 2.18. The number of carbonyl (C=O) groups is 2. The van der Waals surface area contributed by atoms with Gasteiger partial charge in [0.05, 0.1) is 11.7 Å². The predicted octanol–water partition coefficient (Wildman–Crippen LogP) is 4.04. The third-order valence-electron chi connectivity index (χ3n) is 3.60. The molecule has 0 radical (unpaired) electrons. The number of carbonyl (C=O) groups excluding carboxylic acids is 2. The van der Waals surface area contributed by atoms with Gasteiger partial charge in [0.25, 0.3) is 0 Å². The number of fused-ring (bicyclic) bond motifs is 1. The fourth-order valence-corrected chi connectivity index (χ4v) is 2.44. The number of pyridine rings is 1. The molecule has 1 N–H and O–H groups in total. The monoisotopic (exact) mass is 367 g/mol. The summed E-state index contributed by atoms with van der Waals surface area (Å²) < 4.78 is 12.1. The second-order valence-corrected chi connectivity index (χ2v) is 6.99. The molecule has 0 aliphatic heterocycles. The molecule has 1 amide bonds. The predicted molar refractivity (Wildman–Crippen MR) is 101 cm³/mol. The summed E-state index contributed by atoms with van der Waals surface area (Å²) in [6.07, 6.45) is 2.52. The van der Waals surface area contributed by atoms with Gasteiger partial charge in [-0.05, 0) is 38.5 Å². The van der Waals surface area contributed by atoms with Crippen LogP contribution < -0.4 is 5.32 Å². The summed E-state index contributed by atoms with van der Waals surface area (Å²) in [4.78, 5) is 24.4. The smallest absolute Gasteiger partial charge is 0.412 e. The summed E-state index contributed by atoms with van der Waals surface area (Å²) >= 11 is 0. The highest BCUT2D eigenvalue weighted by molar-refractivity contribution is 5.98. The Bertz CT molecular complexity index is 958. The highest BCUT2D eigenvalue weighted by Crippen LogP contribution is 2.18. The Balaban J connectivity index is 1.74. The Hall–Kier alpha value is -3.35. The fourth-order valence-electron chi connectivity index (χ4n) is 2.44. The number of ether oxygens (including phenoxy) is 2. The first-order valence-corrected chi connectivity index (χ1v) is 8.50. The molecular weight excluding hydrogens is 346 g/mol. The summed E-state index contributed by atoms with van der Waals surface area (Å²) in [5.74, 6) is -0.483. The summed E-state index contributed by atoms with van der Waals surface area (Å²) in [6.45, 7) is 5.53. The van der Waals surface area contributed by atoms with Gasteiger partial charge in [-0.3, -0.25) is 5.32 Å². The number of esters is 1. The lowest BCUT2D eigenvalue weighted by Gasteiger charge is -2.19. The Morgan fingerprint density at radius 2 is 1.89 bits per heavy atom. The van der Waals surface area contributed by atoms with Crippen molar-refractivity contribution >= 4 is 23.3 Å². The van der Waals surface area contributed by atoms with Gasteiger partial charge >= 0.3 is 12.1 Å². The molecule has 3 rings (SSSR count). The maximum atomic E-state index is 12.4. The van der Waals surface area contributed by atoms with Crippen molar-refractivity contribution in [1.29, 1.82) is 0 Å². The number of rotatable bonds is 4. The SMILES string of the molecule is CC(C)(C)OC(=O)Nc1ccn2ncc(C(=O)OCc3ccccc3)c2c1. The van der Waals surface area contributed by atoms with Gasteiger partial charge < -0.3 is 9.47 Å². The molecular formula is C20H21N3O4. The van der Waals surface area contributed by atoms with Crippen LogP contribution in [0.2, 0.25) is 0 Å². The zero-order valence-corrected chi connectivity index (χ0v) is 15.4. The van der Waals surface area contributed by atoms with Crippen LogP contribution in [-0.4, -0.2) is 27.3 Å². The van der Waals surface area contributed by atoms with E-state index in [9.17, 15) is 9.59 Å². The van der Waals surface area contributed by atoms with Crippen LogP contribution in [0.25, 0.3) is 5.52 Å². The summed E-state index contributed by atoms with van der Waals surface area (Å²) in [5.41, 5.74) is 1.64. The molecule has 0 atom stereocenters. The molecule has 7 heteroatoms. The van der Waals surface area contributed by atoms with E-state index < -0.39 is 17.7 Å². The molecule has 1 aromatic carbocycles. The van der Waals surface area contributed by atoms with Gasteiger partial charge in [0.2, 0.25) is 0 Å². The lowest BCUT2D eigenvalue weighted by Crippen LogP contribution is -2.27. The molecule has 2 aromatic heterocycles. The first kappa shape index (κ1) is 18.4. The van der Waals surface area contributed by atoms with E-state index in [0.29, 0.717) is 16.8 Å². The Kier molecular flexibility index (Phi) is 5.12. The molecule has 140 valence electrons. The van der Waals surface area contributed by atoms with E-state index in [2.05, 4.69) is 10.4 Å². The van der Waals surface area contributed by atoms with Crippen molar-refractivity contribution in [2.75, 3.05) is 5.32 Å². The largest absolute Gasteiger partial charge is 0.457 e. The zero-order valence-electron chi connectivity index (χ0n) is 15.4. The van der Waals surface area contributed by atoms with E-state index in [1.807, 2.05) is 30.3 Å². The summed E-state index contributed by atoms with van der Waals surface area (Å²) in [7, 11) is 0. The first-order chi connectivity index (χ1) is 12.8. The Morgan fingerprint density at radius 1 is 1.15 bits per heavy atom. The fraction of sp³-hybridized carbons (Fsp3) is 0.250. The third-order valence-corrected chi connectivity index (χ3v) is 3.60. The maximum absolute atomic E-state index is 12.4. The number of nitrogens with zero attached hydrogens (tertiary/aromatic N) is 2.